The molecule has 58 valence electrons. The van der Waals surface area contributed by atoms with Gasteiger partial charge in [0.1, 0.15) is 0 Å². The van der Waals surface area contributed by atoms with Crippen molar-refractivity contribution in [1.29, 1.82) is 0 Å². The van der Waals surface area contributed by atoms with Crippen LogP contribution in [-0.2, 0) is 9.53 Å². The molecule has 0 saturated heterocycles. The second-order valence-corrected chi connectivity index (χ2v) is 1.86. The molecule has 0 amide bonds. The molecule has 1 heterocycles. The van der Waals surface area contributed by atoms with E-state index in [0.29, 0.717) is 0 Å². The SMILES string of the molecule is CC(=O)OC(=O)c1ccco1. The zero-order chi connectivity index (χ0) is 8.27. The minimum Gasteiger partial charge on any atom is -0.457 e. The fourth-order valence-corrected chi connectivity index (χ4v) is 0.576. The van der Waals surface area contributed by atoms with Crippen molar-refractivity contribution in [3.05, 3.63) is 24.2 Å². The Morgan fingerprint density at radius 1 is 1.55 bits per heavy atom. The number of esters is 2. The summed E-state index contributed by atoms with van der Waals surface area (Å²) in [6, 6.07) is 2.96. The van der Waals surface area contributed by atoms with E-state index in [-0.39, 0.29) is 5.76 Å². The van der Waals surface area contributed by atoms with E-state index in [9.17, 15) is 9.59 Å². The molecule has 0 aromatic carbocycles. The molecule has 0 spiro atoms. The van der Waals surface area contributed by atoms with Gasteiger partial charge in [-0.1, -0.05) is 0 Å². The van der Waals surface area contributed by atoms with Gasteiger partial charge in [-0.05, 0) is 12.1 Å². The number of furan rings is 1. The fraction of sp³-hybridized carbons (Fsp3) is 0.143. The number of ether oxygens (including phenoxy) is 1. The van der Waals surface area contributed by atoms with Gasteiger partial charge in [-0.3, -0.25) is 4.79 Å². The van der Waals surface area contributed by atoms with Crippen molar-refractivity contribution < 1.29 is 18.7 Å². The average molecular weight is 154 g/mol. The Morgan fingerprint density at radius 2 is 2.27 bits per heavy atom. The highest BCUT2D eigenvalue weighted by Crippen LogP contribution is 2.01. The minimum atomic E-state index is -0.762. The predicted molar refractivity (Wildman–Crippen MR) is 34.8 cm³/mol. The molecule has 0 fully saturated rings. The number of carbonyl (C=O) groups excluding carboxylic acids is 2. The van der Waals surface area contributed by atoms with Crippen LogP contribution in [0, 0.1) is 0 Å². The van der Waals surface area contributed by atoms with Crippen LogP contribution in [0.2, 0.25) is 0 Å². The van der Waals surface area contributed by atoms with Crippen molar-refractivity contribution in [2.45, 2.75) is 6.92 Å². The monoisotopic (exact) mass is 154 g/mol. The zero-order valence-electron chi connectivity index (χ0n) is 5.87. The maximum Gasteiger partial charge on any atom is 0.381 e. The highest BCUT2D eigenvalue weighted by Gasteiger charge is 2.11. The molecule has 0 aliphatic carbocycles. The fourth-order valence-electron chi connectivity index (χ4n) is 0.576. The van der Waals surface area contributed by atoms with Gasteiger partial charge in [0.25, 0.3) is 0 Å². The zero-order valence-corrected chi connectivity index (χ0v) is 5.87. The van der Waals surface area contributed by atoms with Gasteiger partial charge in [0.05, 0.1) is 6.26 Å². The highest BCUT2D eigenvalue weighted by atomic mass is 16.6. The molecular formula is C7H6O4. The minimum absolute atomic E-state index is 0.0280. The second kappa shape index (κ2) is 3.01. The van der Waals surface area contributed by atoms with E-state index in [0.717, 1.165) is 6.92 Å². The van der Waals surface area contributed by atoms with Crippen molar-refractivity contribution in [2.75, 3.05) is 0 Å². The third-order valence-electron chi connectivity index (χ3n) is 0.959. The van der Waals surface area contributed by atoms with Crippen LogP contribution >= 0.6 is 0 Å². The third-order valence-corrected chi connectivity index (χ3v) is 0.959. The topological polar surface area (TPSA) is 56.5 Å². The third kappa shape index (κ3) is 1.93. The lowest BCUT2D eigenvalue weighted by molar-refractivity contribution is -0.135. The molecule has 1 aromatic rings. The predicted octanol–water partition coefficient (Wildman–Crippen LogP) is 0.983. The summed E-state index contributed by atoms with van der Waals surface area (Å²) in [4.78, 5) is 21.0. The van der Waals surface area contributed by atoms with Gasteiger partial charge < -0.3 is 9.15 Å². The molecule has 4 heteroatoms. The first-order chi connectivity index (χ1) is 5.20. The van der Waals surface area contributed by atoms with Gasteiger partial charge in [-0.25, -0.2) is 4.79 Å². The quantitative estimate of drug-likeness (QED) is 0.447. The lowest BCUT2D eigenvalue weighted by Crippen LogP contribution is -2.07. The molecule has 0 radical (unpaired) electrons. The van der Waals surface area contributed by atoms with Gasteiger partial charge in [-0.2, -0.15) is 0 Å². The molecule has 0 N–H and O–H groups in total. The molecule has 0 aliphatic heterocycles. The summed E-state index contributed by atoms with van der Waals surface area (Å²) in [6.07, 6.45) is 1.33. The number of hydrogen-bond donors (Lipinski definition) is 0. The van der Waals surface area contributed by atoms with Gasteiger partial charge in [0, 0.05) is 6.92 Å². The maximum atomic E-state index is 10.8. The first-order valence-electron chi connectivity index (χ1n) is 2.96. The summed E-state index contributed by atoms with van der Waals surface area (Å²) in [5.41, 5.74) is 0. The second-order valence-electron chi connectivity index (χ2n) is 1.86. The van der Waals surface area contributed by atoms with Gasteiger partial charge in [0.2, 0.25) is 5.76 Å². The van der Waals surface area contributed by atoms with E-state index in [4.69, 9.17) is 0 Å². The van der Waals surface area contributed by atoms with Crippen molar-refractivity contribution in [2.24, 2.45) is 0 Å². The van der Waals surface area contributed by atoms with Crippen molar-refractivity contribution in [3.63, 3.8) is 0 Å². The highest BCUT2D eigenvalue weighted by molar-refractivity contribution is 5.93. The van der Waals surface area contributed by atoms with Crippen LogP contribution in [-0.4, -0.2) is 11.9 Å². The van der Waals surface area contributed by atoms with Crippen molar-refractivity contribution in [3.8, 4) is 0 Å². The smallest absolute Gasteiger partial charge is 0.381 e. The summed E-state index contributed by atoms with van der Waals surface area (Å²) >= 11 is 0. The average Bonchev–Trinajstić information content (AvgIpc) is 2.35. The van der Waals surface area contributed by atoms with Crippen LogP contribution in [0.1, 0.15) is 17.5 Å². The number of rotatable bonds is 1. The van der Waals surface area contributed by atoms with Crippen molar-refractivity contribution in [1.82, 2.24) is 0 Å². The Balaban J connectivity index is 2.64. The van der Waals surface area contributed by atoms with Crippen LogP contribution in [0.15, 0.2) is 22.8 Å². The van der Waals surface area contributed by atoms with E-state index < -0.39 is 11.9 Å². The first kappa shape index (κ1) is 7.53. The lowest BCUT2D eigenvalue weighted by Gasteiger charge is -1.93. The summed E-state index contributed by atoms with van der Waals surface area (Å²) in [7, 11) is 0. The van der Waals surface area contributed by atoms with E-state index in [1.54, 1.807) is 0 Å². The Labute approximate surface area is 62.8 Å². The molecule has 0 atom stereocenters. The van der Waals surface area contributed by atoms with Crippen LogP contribution in [0.25, 0.3) is 0 Å². The Bertz CT molecular complexity index is 260. The Kier molecular flexibility index (Phi) is 2.06. The van der Waals surface area contributed by atoms with Gasteiger partial charge in [-0.15, -0.1) is 0 Å². The van der Waals surface area contributed by atoms with Gasteiger partial charge >= 0.3 is 11.9 Å². The molecular weight excluding hydrogens is 148 g/mol. The summed E-state index contributed by atoms with van der Waals surface area (Å²) < 4.78 is 8.89. The summed E-state index contributed by atoms with van der Waals surface area (Å²) in [5, 5.41) is 0. The maximum absolute atomic E-state index is 10.8. The van der Waals surface area contributed by atoms with Crippen molar-refractivity contribution >= 4 is 11.9 Å². The summed E-state index contributed by atoms with van der Waals surface area (Å²) in [6.45, 7) is 1.15. The van der Waals surface area contributed by atoms with E-state index >= 15 is 0 Å². The lowest BCUT2D eigenvalue weighted by atomic mass is 10.5. The normalized spacial score (nSPS) is 9.18. The standard InChI is InChI=1S/C7H6O4/c1-5(8)11-7(9)6-3-2-4-10-6/h2-4H,1H3. The van der Waals surface area contributed by atoms with Gasteiger partial charge in [0.15, 0.2) is 0 Å². The summed E-state index contributed by atoms with van der Waals surface area (Å²) in [5.74, 6) is -1.38. The van der Waals surface area contributed by atoms with Crippen LogP contribution in [0.3, 0.4) is 0 Å². The first-order valence-corrected chi connectivity index (χ1v) is 2.96. The Morgan fingerprint density at radius 3 is 2.73 bits per heavy atom. The van der Waals surface area contributed by atoms with Crippen LogP contribution in [0.5, 0.6) is 0 Å². The molecule has 1 rings (SSSR count). The Hall–Kier alpha value is -1.58. The number of hydrogen-bond acceptors (Lipinski definition) is 4. The molecule has 0 aliphatic rings. The van der Waals surface area contributed by atoms with E-state index in [1.165, 1.54) is 18.4 Å². The molecule has 11 heavy (non-hydrogen) atoms. The molecule has 4 nitrogen and oxygen atoms in total. The molecule has 1 aromatic heterocycles. The number of carbonyl (C=O) groups is 2. The molecule has 0 unspecified atom stereocenters. The largest absolute Gasteiger partial charge is 0.457 e. The van der Waals surface area contributed by atoms with E-state index in [1.807, 2.05) is 0 Å². The van der Waals surface area contributed by atoms with E-state index in [2.05, 4.69) is 9.15 Å². The molecule has 0 bridgehead atoms. The van der Waals surface area contributed by atoms with Crippen LogP contribution < -0.4 is 0 Å². The molecule has 0 saturated carbocycles. The van der Waals surface area contributed by atoms with Crippen LogP contribution in [0.4, 0.5) is 0 Å².